The van der Waals surface area contributed by atoms with Gasteiger partial charge in [0.1, 0.15) is 0 Å². The lowest BCUT2D eigenvalue weighted by molar-refractivity contribution is 0.102. The standard InChI is InChI=1S/C35H21NO/c37-35(36-26-10-2-1-3-11-26)25-19-24-18-17-23-8-5-13-28-27-12-4-7-21-15-16-22-9-6-14-29(33(22)31(21)27)30(20-25)34(24)32(23)28/h1-20H,(H,36,37). The van der Waals surface area contributed by atoms with Crippen molar-refractivity contribution in [2.24, 2.45) is 0 Å². The van der Waals surface area contributed by atoms with Crippen LogP contribution in [0.5, 0.6) is 0 Å². The van der Waals surface area contributed by atoms with Crippen LogP contribution in [0, 0.1) is 0 Å². The summed E-state index contributed by atoms with van der Waals surface area (Å²) in [5, 5.41) is 17.5. The molecule has 1 amide bonds. The quantitative estimate of drug-likeness (QED) is 0.250. The minimum atomic E-state index is -0.106. The Hall–Kier alpha value is -4.95. The molecule has 0 aromatic heterocycles. The van der Waals surface area contributed by atoms with Gasteiger partial charge in [0, 0.05) is 11.3 Å². The Morgan fingerprint density at radius 3 is 1.49 bits per heavy atom. The van der Waals surface area contributed by atoms with Gasteiger partial charge in [-0.3, -0.25) is 4.79 Å². The predicted molar refractivity (Wildman–Crippen MR) is 157 cm³/mol. The van der Waals surface area contributed by atoms with E-state index in [2.05, 4.69) is 90.2 Å². The van der Waals surface area contributed by atoms with E-state index in [9.17, 15) is 4.79 Å². The van der Waals surface area contributed by atoms with Crippen molar-refractivity contribution >= 4 is 76.2 Å². The minimum absolute atomic E-state index is 0.106. The van der Waals surface area contributed by atoms with E-state index in [0.717, 1.165) is 21.8 Å². The van der Waals surface area contributed by atoms with Crippen LogP contribution in [-0.2, 0) is 0 Å². The third-order valence-electron chi connectivity index (χ3n) is 7.72. The van der Waals surface area contributed by atoms with Gasteiger partial charge in [0.05, 0.1) is 0 Å². The molecule has 0 aliphatic rings. The molecule has 0 saturated carbocycles. The van der Waals surface area contributed by atoms with Crippen molar-refractivity contribution in [3.63, 3.8) is 0 Å². The molecule has 37 heavy (non-hydrogen) atoms. The van der Waals surface area contributed by atoms with Gasteiger partial charge in [0.25, 0.3) is 5.91 Å². The molecule has 0 fully saturated rings. The van der Waals surface area contributed by atoms with E-state index >= 15 is 0 Å². The molecule has 0 radical (unpaired) electrons. The molecule has 2 heteroatoms. The molecule has 0 aliphatic carbocycles. The monoisotopic (exact) mass is 471 g/mol. The second kappa shape index (κ2) is 7.52. The normalized spacial score (nSPS) is 11.9. The van der Waals surface area contributed by atoms with E-state index in [1.165, 1.54) is 48.5 Å². The van der Waals surface area contributed by atoms with Crippen LogP contribution in [0.3, 0.4) is 0 Å². The Kier molecular flexibility index (Phi) is 4.12. The Balaban J connectivity index is 1.61. The Labute approximate surface area is 213 Å². The van der Waals surface area contributed by atoms with E-state index in [1.807, 2.05) is 36.4 Å². The van der Waals surface area contributed by atoms with Gasteiger partial charge < -0.3 is 5.32 Å². The molecule has 0 spiro atoms. The van der Waals surface area contributed by atoms with Crippen molar-refractivity contribution < 1.29 is 4.79 Å². The smallest absolute Gasteiger partial charge is 0.255 e. The third-order valence-corrected chi connectivity index (χ3v) is 7.72. The summed E-state index contributed by atoms with van der Waals surface area (Å²) in [6, 6.07) is 42.2. The summed E-state index contributed by atoms with van der Waals surface area (Å²) < 4.78 is 0. The molecule has 0 aliphatic heterocycles. The molecule has 2 nitrogen and oxygen atoms in total. The summed E-state index contributed by atoms with van der Waals surface area (Å²) in [4.78, 5) is 13.5. The average Bonchev–Trinajstić information content (AvgIpc) is 2.95. The van der Waals surface area contributed by atoms with E-state index < -0.39 is 0 Å². The van der Waals surface area contributed by atoms with Crippen molar-refractivity contribution in [3.05, 3.63) is 127 Å². The number of hydrogen-bond donors (Lipinski definition) is 1. The van der Waals surface area contributed by atoms with Crippen LogP contribution in [0.15, 0.2) is 121 Å². The summed E-state index contributed by atoms with van der Waals surface area (Å²) in [6.07, 6.45) is 0. The van der Waals surface area contributed by atoms with E-state index in [0.29, 0.717) is 5.56 Å². The third kappa shape index (κ3) is 2.90. The zero-order valence-corrected chi connectivity index (χ0v) is 20.0. The van der Waals surface area contributed by atoms with Crippen LogP contribution in [0.1, 0.15) is 10.4 Å². The van der Waals surface area contributed by atoms with Crippen LogP contribution < -0.4 is 5.32 Å². The minimum Gasteiger partial charge on any atom is -0.322 e. The summed E-state index contributed by atoms with van der Waals surface area (Å²) in [7, 11) is 0. The number of para-hydroxylation sites is 1. The number of fused-ring (bicyclic) bond motifs is 2. The first-order valence-electron chi connectivity index (χ1n) is 12.6. The maximum Gasteiger partial charge on any atom is 0.255 e. The van der Waals surface area contributed by atoms with Gasteiger partial charge in [-0.05, 0) is 88.9 Å². The number of anilines is 1. The first-order chi connectivity index (χ1) is 18.3. The molecule has 8 aromatic carbocycles. The van der Waals surface area contributed by atoms with Crippen molar-refractivity contribution in [2.75, 3.05) is 5.32 Å². The van der Waals surface area contributed by atoms with Gasteiger partial charge in [-0.25, -0.2) is 0 Å². The van der Waals surface area contributed by atoms with Gasteiger partial charge in [-0.15, -0.1) is 0 Å². The lowest BCUT2D eigenvalue weighted by Crippen LogP contribution is -2.11. The highest BCUT2D eigenvalue weighted by atomic mass is 16.1. The molecule has 172 valence electrons. The van der Waals surface area contributed by atoms with E-state index in [-0.39, 0.29) is 5.91 Å². The number of hydrogen-bond acceptors (Lipinski definition) is 1. The van der Waals surface area contributed by atoms with Crippen molar-refractivity contribution in [2.45, 2.75) is 0 Å². The van der Waals surface area contributed by atoms with Crippen LogP contribution in [-0.4, -0.2) is 5.91 Å². The Bertz CT molecular complexity index is 2170. The molecule has 8 aromatic rings. The number of nitrogens with one attached hydrogen (secondary N) is 1. The summed E-state index contributed by atoms with van der Waals surface area (Å²) in [5.41, 5.74) is 1.44. The number of carbonyl (C=O) groups excluding carboxylic acids is 1. The molecule has 1 N–H and O–H groups in total. The summed E-state index contributed by atoms with van der Waals surface area (Å²) >= 11 is 0. The maximum atomic E-state index is 13.5. The summed E-state index contributed by atoms with van der Waals surface area (Å²) in [5.74, 6) is -0.106. The molecule has 0 atom stereocenters. The maximum absolute atomic E-state index is 13.5. The zero-order chi connectivity index (χ0) is 24.5. The molecule has 0 bridgehead atoms. The first kappa shape index (κ1) is 20.3. The SMILES string of the molecule is O=C(Nc1ccccc1)c1cc2ccc3cccc4c5cccc6ccc7cccc(c(c1)c2c34)c7c65. The number of rotatable bonds is 2. The molecule has 0 unspecified atom stereocenters. The fourth-order valence-electron chi connectivity index (χ4n) is 6.14. The summed E-state index contributed by atoms with van der Waals surface area (Å²) in [6.45, 7) is 0. The average molecular weight is 472 g/mol. The van der Waals surface area contributed by atoms with Gasteiger partial charge in [-0.2, -0.15) is 0 Å². The zero-order valence-electron chi connectivity index (χ0n) is 20.0. The van der Waals surface area contributed by atoms with Gasteiger partial charge in [-0.1, -0.05) is 97.1 Å². The molecule has 0 saturated heterocycles. The fraction of sp³-hybridized carbons (Fsp3) is 0. The van der Waals surface area contributed by atoms with Crippen LogP contribution in [0.25, 0.3) is 64.6 Å². The molecule has 8 rings (SSSR count). The lowest BCUT2D eigenvalue weighted by atomic mass is 9.87. The fourth-order valence-corrected chi connectivity index (χ4v) is 6.14. The molecular formula is C35H21NO. The van der Waals surface area contributed by atoms with Crippen molar-refractivity contribution in [1.29, 1.82) is 0 Å². The van der Waals surface area contributed by atoms with Gasteiger partial charge >= 0.3 is 0 Å². The van der Waals surface area contributed by atoms with E-state index in [1.54, 1.807) is 0 Å². The molecule has 0 heterocycles. The van der Waals surface area contributed by atoms with Gasteiger partial charge in [0.2, 0.25) is 0 Å². The second-order valence-corrected chi connectivity index (χ2v) is 9.78. The predicted octanol–water partition coefficient (Wildman–Crippen LogP) is 9.30. The van der Waals surface area contributed by atoms with Gasteiger partial charge in [0.15, 0.2) is 0 Å². The Morgan fingerprint density at radius 2 is 0.919 bits per heavy atom. The largest absolute Gasteiger partial charge is 0.322 e. The molecular weight excluding hydrogens is 450 g/mol. The van der Waals surface area contributed by atoms with Crippen LogP contribution >= 0.6 is 0 Å². The number of amides is 1. The topological polar surface area (TPSA) is 29.1 Å². The highest BCUT2D eigenvalue weighted by molar-refractivity contribution is 6.37. The van der Waals surface area contributed by atoms with Crippen molar-refractivity contribution in [3.8, 4) is 0 Å². The first-order valence-corrected chi connectivity index (χ1v) is 12.6. The number of carbonyl (C=O) groups is 1. The van der Waals surface area contributed by atoms with Crippen molar-refractivity contribution in [1.82, 2.24) is 0 Å². The highest BCUT2D eigenvalue weighted by Gasteiger charge is 2.17. The lowest BCUT2D eigenvalue weighted by Gasteiger charge is -2.17. The van der Waals surface area contributed by atoms with Crippen LogP contribution in [0.4, 0.5) is 5.69 Å². The second-order valence-electron chi connectivity index (χ2n) is 9.78. The highest BCUT2D eigenvalue weighted by Crippen LogP contribution is 2.43. The van der Waals surface area contributed by atoms with E-state index in [4.69, 9.17) is 0 Å². The number of benzene rings is 7. The Morgan fingerprint density at radius 1 is 0.432 bits per heavy atom. The van der Waals surface area contributed by atoms with Crippen LogP contribution in [0.2, 0.25) is 0 Å².